The van der Waals surface area contributed by atoms with Crippen LogP contribution in [0.4, 0.5) is 4.79 Å². The molecule has 0 heterocycles. The summed E-state index contributed by atoms with van der Waals surface area (Å²) >= 11 is 0. The minimum absolute atomic E-state index is 0.00854. The number of rotatable bonds is 9. The first-order valence-corrected chi connectivity index (χ1v) is 12.5. The van der Waals surface area contributed by atoms with E-state index >= 15 is 0 Å². The molecule has 0 radical (unpaired) electrons. The monoisotopic (exact) mass is 486 g/mol. The van der Waals surface area contributed by atoms with Crippen molar-refractivity contribution < 1.29 is 19.1 Å². The van der Waals surface area contributed by atoms with E-state index in [9.17, 15) is 9.59 Å². The smallest absolute Gasteiger partial charge is 0.410 e. The Kier molecular flexibility index (Phi) is 8.06. The summed E-state index contributed by atoms with van der Waals surface area (Å²) in [6.07, 6.45) is 0.528. The molecule has 1 aliphatic carbocycles. The Hall–Kier alpha value is -3.64. The number of esters is 1. The van der Waals surface area contributed by atoms with Crippen LogP contribution in [0.5, 0.6) is 0 Å². The fourth-order valence-corrected chi connectivity index (χ4v) is 4.71. The summed E-state index contributed by atoms with van der Waals surface area (Å²) in [6.45, 7) is 5.15. The lowest BCUT2D eigenvalue weighted by Gasteiger charge is -2.28. The molecule has 188 valence electrons. The van der Waals surface area contributed by atoms with E-state index in [1.807, 2.05) is 36.4 Å². The van der Waals surface area contributed by atoms with Gasteiger partial charge in [0.2, 0.25) is 0 Å². The minimum atomic E-state index is -0.396. The highest BCUT2D eigenvalue weighted by molar-refractivity contribution is 5.89. The average Bonchev–Trinajstić information content (AvgIpc) is 3.24. The maximum Gasteiger partial charge on any atom is 0.410 e. The van der Waals surface area contributed by atoms with Gasteiger partial charge in [-0.2, -0.15) is 0 Å². The summed E-state index contributed by atoms with van der Waals surface area (Å²) in [6, 6.07) is 23.4. The lowest BCUT2D eigenvalue weighted by atomic mass is 9.98. The molecule has 0 aliphatic heterocycles. The molecule has 6 nitrogen and oxygen atoms in total. The Morgan fingerprint density at radius 1 is 0.944 bits per heavy atom. The van der Waals surface area contributed by atoms with E-state index in [1.54, 1.807) is 17.0 Å². The number of carbonyl (C=O) groups excluding carboxylic acids is 2. The number of benzene rings is 3. The van der Waals surface area contributed by atoms with Gasteiger partial charge in [0.1, 0.15) is 6.61 Å². The Labute approximate surface area is 213 Å². The van der Waals surface area contributed by atoms with Crippen molar-refractivity contribution in [2.45, 2.75) is 38.8 Å². The summed E-state index contributed by atoms with van der Waals surface area (Å²) in [5, 5.41) is 0. The Bertz CT molecular complexity index is 1160. The zero-order chi connectivity index (χ0) is 25.7. The molecule has 2 atom stereocenters. The first-order valence-electron chi connectivity index (χ1n) is 12.5. The highest BCUT2D eigenvalue weighted by Crippen LogP contribution is 2.44. The molecule has 0 aromatic heterocycles. The number of amides is 1. The van der Waals surface area contributed by atoms with Gasteiger partial charge in [0, 0.05) is 25.0 Å². The van der Waals surface area contributed by atoms with Crippen LogP contribution >= 0.6 is 0 Å². The van der Waals surface area contributed by atoms with Crippen molar-refractivity contribution in [1.82, 2.24) is 4.90 Å². The second kappa shape index (κ2) is 11.4. The summed E-state index contributed by atoms with van der Waals surface area (Å²) in [5.74, 6) is -0.143. The van der Waals surface area contributed by atoms with E-state index in [2.05, 4.69) is 38.1 Å². The molecule has 6 heteroatoms. The van der Waals surface area contributed by atoms with E-state index in [-0.39, 0.29) is 24.5 Å². The van der Waals surface area contributed by atoms with Crippen molar-refractivity contribution in [1.29, 1.82) is 0 Å². The maximum atomic E-state index is 13.4. The van der Waals surface area contributed by atoms with Gasteiger partial charge in [0.25, 0.3) is 0 Å². The van der Waals surface area contributed by atoms with Crippen molar-refractivity contribution in [3.63, 3.8) is 0 Å². The predicted octanol–water partition coefficient (Wildman–Crippen LogP) is 5.60. The van der Waals surface area contributed by atoms with E-state index in [1.165, 1.54) is 29.4 Å². The van der Waals surface area contributed by atoms with E-state index in [0.717, 1.165) is 12.0 Å². The van der Waals surface area contributed by atoms with Gasteiger partial charge in [0.15, 0.2) is 0 Å². The lowest BCUT2D eigenvalue weighted by Crippen LogP contribution is -2.44. The molecule has 1 amide bonds. The second-order valence-electron chi connectivity index (χ2n) is 9.42. The zero-order valence-electron chi connectivity index (χ0n) is 21.1. The molecule has 3 aromatic carbocycles. The van der Waals surface area contributed by atoms with Crippen LogP contribution in [0.1, 0.15) is 53.2 Å². The van der Waals surface area contributed by atoms with Gasteiger partial charge in [-0.1, -0.05) is 80.9 Å². The average molecular weight is 487 g/mol. The fraction of sp³-hybridized carbons (Fsp3) is 0.333. The first kappa shape index (κ1) is 25.5. The number of nitrogens with two attached hydrogens (primary N) is 1. The quantitative estimate of drug-likeness (QED) is 0.398. The Balaban J connectivity index is 1.51. The number of hydrogen-bond acceptors (Lipinski definition) is 5. The molecule has 0 saturated carbocycles. The van der Waals surface area contributed by atoms with Crippen LogP contribution in [0, 0.1) is 5.92 Å². The third-order valence-electron chi connectivity index (χ3n) is 7.15. The molecule has 0 saturated heterocycles. The number of fused-ring (bicyclic) bond motifs is 3. The van der Waals surface area contributed by atoms with Crippen LogP contribution in [0.15, 0.2) is 72.8 Å². The molecule has 3 aromatic rings. The van der Waals surface area contributed by atoms with Crippen molar-refractivity contribution in [2.24, 2.45) is 11.7 Å². The van der Waals surface area contributed by atoms with Crippen LogP contribution in [-0.4, -0.2) is 43.3 Å². The molecule has 0 bridgehead atoms. The summed E-state index contributed by atoms with van der Waals surface area (Å²) in [7, 11) is 1.35. The maximum absolute atomic E-state index is 13.4. The third kappa shape index (κ3) is 5.44. The molecular formula is C30H34N2O4. The molecular weight excluding hydrogens is 452 g/mol. The molecule has 1 aliphatic rings. The normalized spacial score (nSPS) is 13.9. The summed E-state index contributed by atoms with van der Waals surface area (Å²) in [5.41, 5.74) is 12.5. The van der Waals surface area contributed by atoms with Crippen LogP contribution in [-0.2, 0) is 16.0 Å². The molecule has 4 rings (SSSR count). The van der Waals surface area contributed by atoms with E-state index in [0.29, 0.717) is 18.7 Å². The Morgan fingerprint density at radius 2 is 1.53 bits per heavy atom. The van der Waals surface area contributed by atoms with Gasteiger partial charge in [-0.05, 0) is 45.9 Å². The standard InChI is InChI=1S/C30H34N2O4/c1-4-20(2)28(31)18-32(17-21-13-15-22(16-14-21)29(33)35-3)30(34)36-19-27-25-11-7-5-9-23(25)24-10-6-8-12-26(24)27/h5-16,20,27-28H,4,17-19,31H2,1-3H3/t20-,28+/m0/s1. The van der Waals surface area contributed by atoms with Gasteiger partial charge in [-0.3, -0.25) is 0 Å². The van der Waals surface area contributed by atoms with Gasteiger partial charge >= 0.3 is 12.1 Å². The third-order valence-corrected chi connectivity index (χ3v) is 7.15. The lowest BCUT2D eigenvalue weighted by molar-refractivity contribution is 0.0600. The second-order valence-corrected chi connectivity index (χ2v) is 9.42. The minimum Gasteiger partial charge on any atom is -0.465 e. The largest absolute Gasteiger partial charge is 0.465 e. The van der Waals surface area contributed by atoms with Crippen molar-refractivity contribution in [3.8, 4) is 11.1 Å². The number of hydrogen-bond donors (Lipinski definition) is 1. The molecule has 0 spiro atoms. The topological polar surface area (TPSA) is 81.9 Å². The summed E-state index contributed by atoms with van der Waals surface area (Å²) in [4.78, 5) is 26.8. The van der Waals surface area contributed by atoms with E-state index < -0.39 is 12.1 Å². The summed E-state index contributed by atoms with van der Waals surface area (Å²) < 4.78 is 10.7. The highest BCUT2D eigenvalue weighted by Gasteiger charge is 2.30. The van der Waals surface area contributed by atoms with Crippen molar-refractivity contribution in [3.05, 3.63) is 95.1 Å². The van der Waals surface area contributed by atoms with Crippen LogP contribution < -0.4 is 5.73 Å². The van der Waals surface area contributed by atoms with Gasteiger partial charge in [-0.25, -0.2) is 9.59 Å². The van der Waals surface area contributed by atoms with Crippen molar-refractivity contribution >= 4 is 12.1 Å². The molecule has 2 N–H and O–H groups in total. The number of carbonyl (C=O) groups is 2. The fourth-order valence-electron chi connectivity index (χ4n) is 4.71. The first-order chi connectivity index (χ1) is 17.4. The molecule has 0 unspecified atom stereocenters. The van der Waals surface area contributed by atoms with Crippen LogP contribution in [0.25, 0.3) is 11.1 Å². The Morgan fingerprint density at radius 3 is 2.08 bits per heavy atom. The molecule has 36 heavy (non-hydrogen) atoms. The van der Waals surface area contributed by atoms with E-state index in [4.69, 9.17) is 15.2 Å². The number of nitrogens with zero attached hydrogens (tertiary/aromatic N) is 1. The highest BCUT2D eigenvalue weighted by atomic mass is 16.6. The van der Waals surface area contributed by atoms with Gasteiger partial charge in [-0.15, -0.1) is 0 Å². The van der Waals surface area contributed by atoms with Crippen LogP contribution in [0.2, 0.25) is 0 Å². The van der Waals surface area contributed by atoms with Gasteiger partial charge < -0.3 is 20.1 Å². The number of ether oxygens (including phenoxy) is 2. The number of methoxy groups -OCH3 is 1. The van der Waals surface area contributed by atoms with Gasteiger partial charge in [0.05, 0.1) is 12.7 Å². The van der Waals surface area contributed by atoms with Crippen LogP contribution in [0.3, 0.4) is 0 Å². The SMILES string of the molecule is CC[C@H](C)[C@H](N)CN(Cc1ccc(C(=O)OC)cc1)C(=O)OCC1c2ccccc2-c2ccccc21. The van der Waals surface area contributed by atoms with Crippen molar-refractivity contribution in [2.75, 3.05) is 20.3 Å². The molecule has 0 fully saturated rings. The zero-order valence-corrected chi connectivity index (χ0v) is 21.1. The predicted molar refractivity (Wildman–Crippen MR) is 141 cm³/mol.